The molecule has 0 bridgehead atoms. The largest absolute Gasteiger partial charge is 0.497 e. The second kappa shape index (κ2) is 4.82. The van der Waals surface area contributed by atoms with Gasteiger partial charge in [0.25, 0.3) is 0 Å². The van der Waals surface area contributed by atoms with E-state index in [1.54, 1.807) is 19.2 Å². The molecule has 0 fully saturated rings. The zero-order valence-corrected chi connectivity index (χ0v) is 9.41. The summed E-state index contributed by atoms with van der Waals surface area (Å²) in [5, 5.41) is 0. The summed E-state index contributed by atoms with van der Waals surface area (Å²) in [6.07, 6.45) is 0.829. The number of rotatable bonds is 4. The molecule has 3 nitrogen and oxygen atoms in total. The van der Waals surface area contributed by atoms with Crippen LogP contribution in [0.4, 0.5) is 0 Å². The van der Waals surface area contributed by atoms with Crippen molar-refractivity contribution in [2.24, 2.45) is 11.7 Å². The van der Waals surface area contributed by atoms with Crippen molar-refractivity contribution in [3.05, 3.63) is 29.3 Å². The van der Waals surface area contributed by atoms with Crippen LogP contribution in [0.25, 0.3) is 0 Å². The minimum atomic E-state index is -0.381. The third-order valence-corrected chi connectivity index (χ3v) is 2.21. The summed E-state index contributed by atoms with van der Waals surface area (Å²) in [7, 11) is 1.61. The summed E-state index contributed by atoms with van der Waals surface area (Å²) in [5.74, 6) is 0.860. The van der Waals surface area contributed by atoms with Crippen LogP contribution >= 0.6 is 0 Å². The zero-order valence-electron chi connectivity index (χ0n) is 9.41. The Morgan fingerprint density at radius 3 is 2.60 bits per heavy atom. The van der Waals surface area contributed by atoms with E-state index in [1.807, 2.05) is 6.07 Å². The van der Waals surface area contributed by atoms with Gasteiger partial charge in [0.05, 0.1) is 7.11 Å². The maximum Gasteiger partial charge on any atom is 0.248 e. The predicted molar refractivity (Wildman–Crippen MR) is 60.1 cm³/mol. The molecule has 0 spiro atoms. The van der Waals surface area contributed by atoms with Crippen LogP contribution in [0.3, 0.4) is 0 Å². The van der Waals surface area contributed by atoms with E-state index in [-0.39, 0.29) is 5.91 Å². The van der Waals surface area contributed by atoms with Crippen molar-refractivity contribution in [3.8, 4) is 5.75 Å². The molecule has 0 saturated carbocycles. The van der Waals surface area contributed by atoms with E-state index in [1.165, 1.54) is 0 Å². The van der Waals surface area contributed by atoms with Crippen molar-refractivity contribution < 1.29 is 9.53 Å². The lowest BCUT2D eigenvalue weighted by atomic mass is 9.97. The highest BCUT2D eigenvalue weighted by Crippen LogP contribution is 2.20. The Bertz CT molecular complexity index is 359. The maximum atomic E-state index is 11.2. The predicted octanol–water partition coefficient (Wildman–Crippen LogP) is 1.99. The molecule has 0 aliphatic rings. The Balaban J connectivity index is 3.10. The first-order chi connectivity index (χ1) is 7.04. The normalized spacial score (nSPS) is 10.4. The van der Waals surface area contributed by atoms with Gasteiger partial charge in [0.1, 0.15) is 5.75 Å². The van der Waals surface area contributed by atoms with Gasteiger partial charge in [-0.05, 0) is 36.1 Å². The molecule has 3 heteroatoms. The van der Waals surface area contributed by atoms with Crippen LogP contribution in [-0.2, 0) is 6.42 Å². The lowest BCUT2D eigenvalue weighted by Gasteiger charge is -2.10. The molecule has 0 saturated heterocycles. The number of ether oxygens (including phenoxy) is 1. The third kappa shape index (κ3) is 2.98. The smallest absolute Gasteiger partial charge is 0.248 e. The van der Waals surface area contributed by atoms with Gasteiger partial charge in [-0.1, -0.05) is 13.8 Å². The van der Waals surface area contributed by atoms with E-state index in [4.69, 9.17) is 10.5 Å². The molecule has 1 amide bonds. The van der Waals surface area contributed by atoms with Gasteiger partial charge in [-0.3, -0.25) is 4.79 Å². The lowest BCUT2D eigenvalue weighted by molar-refractivity contribution is 0.0999. The highest BCUT2D eigenvalue weighted by molar-refractivity contribution is 5.94. The van der Waals surface area contributed by atoms with E-state index in [9.17, 15) is 4.79 Å². The standard InChI is InChI=1S/C12H17NO2/c1-8(2)6-9-7-10(15-3)4-5-11(9)12(13)14/h4-5,7-8H,6H2,1-3H3,(H2,13,14). The van der Waals surface area contributed by atoms with Crippen molar-refractivity contribution in [1.82, 2.24) is 0 Å². The summed E-state index contributed by atoms with van der Waals surface area (Å²) in [6, 6.07) is 5.35. The average Bonchev–Trinajstić information content (AvgIpc) is 2.16. The topological polar surface area (TPSA) is 52.3 Å². The van der Waals surface area contributed by atoms with Crippen molar-refractivity contribution in [1.29, 1.82) is 0 Å². The van der Waals surface area contributed by atoms with Crippen LogP contribution in [0.1, 0.15) is 29.8 Å². The quantitative estimate of drug-likeness (QED) is 0.820. The number of benzene rings is 1. The molecule has 82 valence electrons. The molecular formula is C12H17NO2. The first-order valence-electron chi connectivity index (χ1n) is 5.01. The summed E-state index contributed by atoms with van der Waals surface area (Å²) in [5.41, 5.74) is 6.84. The Hall–Kier alpha value is -1.51. The van der Waals surface area contributed by atoms with Crippen LogP contribution < -0.4 is 10.5 Å². The number of carbonyl (C=O) groups excluding carboxylic acids is 1. The molecule has 0 aliphatic heterocycles. The number of primary amides is 1. The number of nitrogens with two attached hydrogens (primary N) is 1. The summed E-state index contributed by atoms with van der Waals surface area (Å²) < 4.78 is 5.12. The van der Waals surface area contributed by atoms with E-state index in [2.05, 4.69) is 13.8 Å². The van der Waals surface area contributed by atoms with Crippen molar-refractivity contribution in [2.75, 3.05) is 7.11 Å². The first kappa shape index (κ1) is 11.6. The van der Waals surface area contributed by atoms with Gasteiger partial charge < -0.3 is 10.5 Å². The molecule has 0 heterocycles. The van der Waals surface area contributed by atoms with E-state index < -0.39 is 0 Å². The van der Waals surface area contributed by atoms with Crippen LogP contribution in [0, 0.1) is 5.92 Å². The van der Waals surface area contributed by atoms with Gasteiger partial charge in [-0.2, -0.15) is 0 Å². The Morgan fingerprint density at radius 1 is 1.47 bits per heavy atom. The Labute approximate surface area is 90.2 Å². The molecule has 1 aromatic rings. The van der Waals surface area contributed by atoms with Crippen LogP contribution in [0.5, 0.6) is 5.75 Å². The Morgan fingerprint density at radius 2 is 2.13 bits per heavy atom. The van der Waals surface area contributed by atoms with Crippen LogP contribution in [0.2, 0.25) is 0 Å². The van der Waals surface area contributed by atoms with Gasteiger partial charge in [-0.15, -0.1) is 0 Å². The lowest BCUT2D eigenvalue weighted by Crippen LogP contribution is -2.14. The van der Waals surface area contributed by atoms with Crippen molar-refractivity contribution in [3.63, 3.8) is 0 Å². The Kier molecular flexibility index (Phi) is 3.72. The summed E-state index contributed by atoms with van der Waals surface area (Å²) >= 11 is 0. The molecule has 1 rings (SSSR count). The van der Waals surface area contributed by atoms with E-state index >= 15 is 0 Å². The van der Waals surface area contributed by atoms with Crippen LogP contribution in [-0.4, -0.2) is 13.0 Å². The average molecular weight is 207 g/mol. The minimum Gasteiger partial charge on any atom is -0.497 e. The fraction of sp³-hybridized carbons (Fsp3) is 0.417. The molecule has 0 unspecified atom stereocenters. The van der Waals surface area contributed by atoms with Gasteiger partial charge in [0, 0.05) is 5.56 Å². The third-order valence-electron chi connectivity index (χ3n) is 2.21. The highest BCUT2D eigenvalue weighted by Gasteiger charge is 2.10. The number of amides is 1. The second-order valence-corrected chi connectivity index (χ2v) is 3.99. The fourth-order valence-corrected chi connectivity index (χ4v) is 1.55. The number of methoxy groups -OCH3 is 1. The molecule has 0 radical (unpaired) electrons. The van der Waals surface area contributed by atoms with E-state index in [0.717, 1.165) is 17.7 Å². The van der Waals surface area contributed by atoms with Gasteiger partial charge >= 0.3 is 0 Å². The van der Waals surface area contributed by atoms with Crippen LogP contribution in [0.15, 0.2) is 18.2 Å². The van der Waals surface area contributed by atoms with Gasteiger partial charge in [0.2, 0.25) is 5.91 Å². The molecule has 0 atom stereocenters. The fourth-order valence-electron chi connectivity index (χ4n) is 1.55. The van der Waals surface area contributed by atoms with Gasteiger partial charge in [0.15, 0.2) is 0 Å². The second-order valence-electron chi connectivity index (χ2n) is 3.99. The maximum absolute atomic E-state index is 11.2. The number of carbonyl (C=O) groups is 1. The molecule has 0 aliphatic carbocycles. The minimum absolute atomic E-state index is 0.381. The molecule has 1 aromatic carbocycles. The number of hydrogen-bond acceptors (Lipinski definition) is 2. The first-order valence-corrected chi connectivity index (χ1v) is 5.01. The number of hydrogen-bond donors (Lipinski definition) is 1. The van der Waals surface area contributed by atoms with Crippen molar-refractivity contribution in [2.45, 2.75) is 20.3 Å². The molecule has 0 aromatic heterocycles. The molecule has 2 N–H and O–H groups in total. The summed E-state index contributed by atoms with van der Waals surface area (Å²) in [6.45, 7) is 4.20. The monoisotopic (exact) mass is 207 g/mol. The zero-order chi connectivity index (χ0) is 11.4. The van der Waals surface area contributed by atoms with Crippen molar-refractivity contribution >= 4 is 5.91 Å². The molecular weight excluding hydrogens is 190 g/mol. The van der Waals surface area contributed by atoms with Gasteiger partial charge in [-0.25, -0.2) is 0 Å². The summed E-state index contributed by atoms with van der Waals surface area (Å²) in [4.78, 5) is 11.2. The molecule has 15 heavy (non-hydrogen) atoms. The highest BCUT2D eigenvalue weighted by atomic mass is 16.5. The van der Waals surface area contributed by atoms with E-state index in [0.29, 0.717) is 11.5 Å². The SMILES string of the molecule is COc1ccc(C(N)=O)c(CC(C)C)c1.